The van der Waals surface area contributed by atoms with Gasteiger partial charge < -0.3 is 24.7 Å². The lowest BCUT2D eigenvalue weighted by Gasteiger charge is -2.45. The number of ether oxygens (including phenoxy) is 1. The van der Waals surface area contributed by atoms with Crippen LogP contribution in [-0.4, -0.2) is 76.0 Å². The molecule has 2 aliphatic rings. The Morgan fingerprint density at radius 2 is 1.59 bits per heavy atom. The van der Waals surface area contributed by atoms with Gasteiger partial charge in [0.05, 0.1) is 24.7 Å². The molecule has 2 rings (SSSR count). The summed E-state index contributed by atoms with van der Waals surface area (Å²) in [5.41, 5.74) is -1.51. The molecule has 0 bridgehead atoms. The van der Waals surface area contributed by atoms with Crippen LogP contribution in [0.4, 0.5) is 4.79 Å². The molecule has 0 aromatic carbocycles. The minimum absolute atomic E-state index is 0.0662. The summed E-state index contributed by atoms with van der Waals surface area (Å²) in [5, 5.41) is 19.6. The summed E-state index contributed by atoms with van der Waals surface area (Å²) in [6.45, 7) is 11.8. The first-order valence-corrected chi connectivity index (χ1v) is 10.8. The largest absolute Gasteiger partial charge is 0.444 e. The molecule has 0 radical (unpaired) electrons. The Labute approximate surface area is 175 Å². The SMILES string of the molecule is CC1(C)CCC(N(C(=O)C(C)(CO)CO)[C@H]2CCN(C(=O)OC(C)(C)C)C2)CC1. The Hall–Kier alpha value is -1.34. The van der Waals surface area contributed by atoms with Gasteiger partial charge in [0.2, 0.25) is 5.91 Å². The van der Waals surface area contributed by atoms with E-state index in [0.29, 0.717) is 19.5 Å². The number of aliphatic hydroxyl groups is 2. The lowest BCUT2D eigenvalue weighted by atomic mass is 9.74. The Bertz CT molecular complexity index is 585. The molecule has 0 spiro atoms. The average molecular weight is 413 g/mol. The molecular formula is C22H40N2O5. The standard InChI is InChI=1S/C22H40N2O5/c1-20(2,3)29-19(28)23-12-9-17(13-23)24(18(27)22(6,14-25)15-26)16-7-10-21(4,5)11-8-16/h16-17,25-26H,7-15H2,1-6H3/t17-/m0/s1. The van der Waals surface area contributed by atoms with Crippen molar-refractivity contribution in [2.24, 2.45) is 10.8 Å². The molecule has 2 fully saturated rings. The van der Waals surface area contributed by atoms with Gasteiger partial charge in [0.1, 0.15) is 5.60 Å². The predicted octanol–water partition coefficient (Wildman–Crippen LogP) is 2.78. The van der Waals surface area contributed by atoms with Gasteiger partial charge in [-0.1, -0.05) is 13.8 Å². The minimum atomic E-state index is -1.22. The molecule has 29 heavy (non-hydrogen) atoms. The normalized spacial score (nSPS) is 23.2. The fourth-order valence-corrected chi connectivity index (χ4v) is 4.25. The van der Waals surface area contributed by atoms with Crippen LogP contribution in [0.2, 0.25) is 0 Å². The van der Waals surface area contributed by atoms with Crippen molar-refractivity contribution in [2.75, 3.05) is 26.3 Å². The van der Waals surface area contributed by atoms with E-state index in [2.05, 4.69) is 13.8 Å². The summed E-state index contributed by atoms with van der Waals surface area (Å²) in [6.07, 6.45) is 4.17. The highest BCUT2D eigenvalue weighted by Crippen LogP contribution is 2.39. The van der Waals surface area contributed by atoms with Crippen LogP contribution in [-0.2, 0) is 9.53 Å². The van der Waals surface area contributed by atoms with Crippen LogP contribution >= 0.6 is 0 Å². The Morgan fingerprint density at radius 1 is 1.03 bits per heavy atom. The Morgan fingerprint density at radius 3 is 2.07 bits per heavy atom. The number of hydrogen-bond acceptors (Lipinski definition) is 5. The second-order valence-electron chi connectivity index (χ2n) is 10.9. The number of likely N-dealkylation sites (tertiary alicyclic amines) is 1. The van der Waals surface area contributed by atoms with Gasteiger partial charge in [-0.25, -0.2) is 4.79 Å². The van der Waals surface area contributed by atoms with Gasteiger partial charge in [-0.05, 0) is 65.2 Å². The summed E-state index contributed by atoms with van der Waals surface area (Å²) in [7, 11) is 0. The highest BCUT2D eigenvalue weighted by molar-refractivity contribution is 5.83. The number of carbonyl (C=O) groups is 2. The van der Waals surface area contributed by atoms with Crippen LogP contribution in [0.3, 0.4) is 0 Å². The first-order chi connectivity index (χ1) is 13.3. The van der Waals surface area contributed by atoms with E-state index in [1.54, 1.807) is 11.8 Å². The molecule has 1 heterocycles. The number of rotatable bonds is 5. The third-order valence-electron chi connectivity index (χ3n) is 6.36. The number of carbonyl (C=O) groups excluding carboxylic acids is 2. The monoisotopic (exact) mass is 412 g/mol. The van der Waals surface area contributed by atoms with Crippen molar-refractivity contribution in [1.82, 2.24) is 9.80 Å². The Balaban J connectivity index is 2.20. The first kappa shape index (κ1) is 23.9. The quantitative estimate of drug-likeness (QED) is 0.725. The van der Waals surface area contributed by atoms with E-state index >= 15 is 0 Å². The van der Waals surface area contributed by atoms with Gasteiger partial charge in [-0.2, -0.15) is 0 Å². The molecule has 1 atom stereocenters. The predicted molar refractivity (Wildman–Crippen MR) is 111 cm³/mol. The zero-order chi connectivity index (χ0) is 22.0. The lowest BCUT2D eigenvalue weighted by Crippen LogP contribution is -2.56. The van der Waals surface area contributed by atoms with E-state index < -0.39 is 24.2 Å². The van der Waals surface area contributed by atoms with E-state index in [1.807, 2.05) is 25.7 Å². The molecular weight excluding hydrogens is 372 g/mol. The van der Waals surface area contributed by atoms with Crippen LogP contribution < -0.4 is 0 Å². The number of nitrogens with zero attached hydrogens (tertiary/aromatic N) is 2. The van der Waals surface area contributed by atoms with Crippen molar-refractivity contribution in [3.63, 3.8) is 0 Å². The van der Waals surface area contributed by atoms with Crippen LogP contribution in [0.25, 0.3) is 0 Å². The third-order valence-corrected chi connectivity index (χ3v) is 6.36. The Kier molecular flexibility index (Phi) is 7.26. The minimum Gasteiger partial charge on any atom is -0.444 e. The number of hydrogen-bond donors (Lipinski definition) is 2. The lowest BCUT2D eigenvalue weighted by molar-refractivity contribution is -0.152. The van der Waals surface area contributed by atoms with Crippen molar-refractivity contribution in [3.8, 4) is 0 Å². The molecule has 2 N–H and O–H groups in total. The molecule has 1 aliphatic carbocycles. The topological polar surface area (TPSA) is 90.3 Å². The van der Waals surface area contributed by atoms with Gasteiger partial charge >= 0.3 is 6.09 Å². The number of amides is 2. The molecule has 1 aliphatic heterocycles. The maximum absolute atomic E-state index is 13.5. The van der Waals surface area contributed by atoms with Crippen LogP contribution in [0.1, 0.15) is 73.6 Å². The maximum atomic E-state index is 13.5. The van der Waals surface area contributed by atoms with E-state index in [-0.39, 0.29) is 29.5 Å². The van der Waals surface area contributed by atoms with E-state index in [1.165, 1.54) is 0 Å². The van der Waals surface area contributed by atoms with Crippen molar-refractivity contribution in [1.29, 1.82) is 0 Å². The summed E-state index contributed by atoms with van der Waals surface area (Å²) < 4.78 is 5.50. The van der Waals surface area contributed by atoms with Crippen LogP contribution in [0.5, 0.6) is 0 Å². The molecule has 168 valence electrons. The van der Waals surface area contributed by atoms with Gasteiger partial charge in [-0.15, -0.1) is 0 Å². The van der Waals surface area contributed by atoms with Gasteiger partial charge in [-0.3, -0.25) is 4.79 Å². The molecule has 1 saturated heterocycles. The second-order valence-corrected chi connectivity index (χ2v) is 10.9. The number of aliphatic hydroxyl groups excluding tert-OH is 2. The van der Waals surface area contributed by atoms with Crippen molar-refractivity contribution < 1.29 is 24.5 Å². The van der Waals surface area contributed by atoms with Crippen LogP contribution in [0.15, 0.2) is 0 Å². The van der Waals surface area contributed by atoms with E-state index in [0.717, 1.165) is 25.7 Å². The van der Waals surface area contributed by atoms with Crippen molar-refractivity contribution >= 4 is 12.0 Å². The summed E-state index contributed by atoms with van der Waals surface area (Å²) >= 11 is 0. The van der Waals surface area contributed by atoms with Crippen molar-refractivity contribution in [2.45, 2.75) is 91.3 Å². The van der Waals surface area contributed by atoms with Gasteiger partial charge in [0, 0.05) is 19.1 Å². The van der Waals surface area contributed by atoms with Gasteiger partial charge in [0.15, 0.2) is 0 Å². The zero-order valence-electron chi connectivity index (χ0n) is 19.0. The van der Waals surface area contributed by atoms with Crippen LogP contribution in [0, 0.1) is 10.8 Å². The first-order valence-electron chi connectivity index (χ1n) is 10.8. The third kappa shape index (κ3) is 5.85. The molecule has 0 aromatic heterocycles. The smallest absolute Gasteiger partial charge is 0.410 e. The fraction of sp³-hybridized carbons (Fsp3) is 0.909. The zero-order valence-corrected chi connectivity index (χ0v) is 19.0. The molecule has 1 saturated carbocycles. The summed E-state index contributed by atoms with van der Waals surface area (Å²) in [4.78, 5) is 29.5. The fourth-order valence-electron chi connectivity index (χ4n) is 4.25. The molecule has 7 heteroatoms. The average Bonchev–Trinajstić information content (AvgIpc) is 3.11. The van der Waals surface area contributed by atoms with E-state index in [4.69, 9.17) is 4.74 Å². The highest BCUT2D eigenvalue weighted by atomic mass is 16.6. The molecule has 0 aromatic rings. The molecule has 0 unspecified atom stereocenters. The summed E-state index contributed by atoms with van der Waals surface area (Å²) in [6, 6.07) is -0.0600. The summed E-state index contributed by atoms with van der Waals surface area (Å²) in [5.74, 6) is -0.219. The van der Waals surface area contributed by atoms with Gasteiger partial charge in [0.25, 0.3) is 0 Å². The van der Waals surface area contributed by atoms with E-state index in [9.17, 15) is 19.8 Å². The molecule has 2 amide bonds. The second kappa shape index (κ2) is 8.80. The van der Waals surface area contributed by atoms with Crippen molar-refractivity contribution in [3.05, 3.63) is 0 Å². The molecule has 7 nitrogen and oxygen atoms in total. The maximum Gasteiger partial charge on any atom is 0.410 e. The highest BCUT2D eigenvalue weighted by Gasteiger charge is 2.45.